The molecule has 0 aliphatic carbocycles. The van der Waals surface area contributed by atoms with Crippen LogP contribution in [0.15, 0.2) is 22.6 Å². The molecule has 2 rings (SSSR count). The standard InChI is InChI=1S/C11H12N4O2/c1-6-3-4-9(12)8(5-6)10(16)13-11-15-14-7(2)17-11/h3-5H,12H2,1-2H3,(H,13,15,16). The highest BCUT2D eigenvalue weighted by molar-refractivity contribution is 6.06. The second-order valence-corrected chi connectivity index (χ2v) is 3.67. The van der Waals surface area contributed by atoms with E-state index < -0.39 is 0 Å². The third kappa shape index (κ3) is 2.41. The molecule has 0 atom stereocenters. The van der Waals surface area contributed by atoms with Crippen molar-refractivity contribution < 1.29 is 9.21 Å². The van der Waals surface area contributed by atoms with E-state index in [4.69, 9.17) is 10.2 Å². The van der Waals surface area contributed by atoms with Crippen LogP contribution in [0.4, 0.5) is 11.7 Å². The van der Waals surface area contributed by atoms with Crippen molar-refractivity contribution in [3.8, 4) is 0 Å². The lowest BCUT2D eigenvalue weighted by atomic mass is 10.1. The molecule has 6 heteroatoms. The Morgan fingerprint density at radius 2 is 2.12 bits per heavy atom. The van der Waals surface area contributed by atoms with E-state index in [0.717, 1.165) is 5.56 Å². The topological polar surface area (TPSA) is 94.0 Å². The maximum atomic E-state index is 11.9. The maximum Gasteiger partial charge on any atom is 0.322 e. The number of aromatic nitrogens is 2. The Labute approximate surface area is 97.8 Å². The minimum Gasteiger partial charge on any atom is -0.408 e. The molecule has 1 aromatic heterocycles. The van der Waals surface area contributed by atoms with E-state index in [9.17, 15) is 4.79 Å². The third-order valence-electron chi connectivity index (χ3n) is 2.20. The largest absolute Gasteiger partial charge is 0.408 e. The van der Waals surface area contributed by atoms with Crippen LogP contribution < -0.4 is 11.1 Å². The van der Waals surface area contributed by atoms with E-state index in [-0.39, 0.29) is 11.9 Å². The smallest absolute Gasteiger partial charge is 0.322 e. The predicted octanol–water partition coefficient (Wildman–Crippen LogP) is 1.52. The number of amides is 1. The average Bonchev–Trinajstić information content (AvgIpc) is 2.67. The van der Waals surface area contributed by atoms with Crippen molar-refractivity contribution in [1.82, 2.24) is 10.2 Å². The number of benzene rings is 1. The molecule has 1 aromatic carbocycles. The van der Waals surface area contributed by atoms with Gasteiger partial charge in [0.05, 0.1) is 5.56 Å². The number of nitrogens with one attached hydrogen (secondary N) is 1. The molecular weight excluding hydrogens is 220 g/mol. The van der Waals surface area contributed by atoms with Crippen molar-refractivity contribution in [2.24, 2.45) is 0 Å². The van der Waals surface area contributed by atoms with E-state index in [1.54, 1.807) is 19.1 Å². The quantitative estimate of drug-likeness (QED) is 0.765. The molecule has 88 valence electrons. The molecule has 17 heavy (non-hydrogen) atoms. The number of nitrogen functional groups attached to an aromatic ring is 1. The SMILES string of the molecule is Cc1ccc(N)c(C(=O)Nc2nnc(C)o2)c1. The number of carbonyl (C=O) groups excluding carboxylic acids is 1. The Kier molecular flexibility index (Phi) is 2.78. The van der Waals surface area contributed by atoms with Gasteiger partial charge in [-0.1, -0.05) is 16.7 Å². The summed E-state index contributed by atoms with van der Waals surface area (Å²) in [5.74, 6) is 0.0207. The zero-order valence-corrected chi connectivity index (χ0v) is 9.52. The molecule has 0 saturated heterocycles. The monoisotopic (exact) mass is 232 g/mol. The minimum absolute atomic E-state index is 0.0633. The van der Waals surface area contributed by atoms with Crippen LogP contribution in [-0.2, 0) is 0 Å². The fourth-order valence-electron chi connectivity index (χ4n) is 1.38. The van der Waals surface area contributed by atoms with Gasteiger partial charge in [-0.2, -0.15) is 0 Å². The lowest BCUT2D eigenvalue weighted by Crippen LogP contribution is -2.14. The summed E-state index contributed by atoms with van der Waals surface area (Å²) in [4.78, 5) is 11.9. The molecule has 1 amide bonds. The lowest BCUT2D eigenvalue weighted by Gasteiger charge is -2.05. The first-order valence-electron chi connectivity index (χ1n) is 5.04. The fourth-order valence-corrected chi connectivity index (χ4v) is 1.38. The summed E-state index contributed by atoms with van der Waals surface area (Å²) in [5.41, 5.74) is 7.47. The van der Waals surface area contributed by atoms with Crippen molar-refractivity contribution in [2.45, 2.75) is 13.8 Å². The van der Waals surface area contributed by atoms with Gasteiger partial charge in [0.2, 0.25) is 5.89 Å². The highest BCUT2D eigenvalue weighted by Gasteiger charge is 2.13. The molecular formula is C11H12N4O2. The fraction of sp³-hybridized carbons (Fsp3) is 0.182. The second-order valence-electron chi connectivity index (χ2n) is 3.67. The van der Waals surface area contributed by atoms with Gasteiger partial charge in [-0.3, -0.25) is 10.1 Å². The van der Waals surface area contributed by atoms with Crippen molar-refractivity contribution in [1.29, 1.82) is 0 Å². The zero-order valence-electron chi connectivity index (χ0n) is 9.52. The van der Waals surface area contributed by atoms with Crippen LogP contribution in [0.1, 0.15) is 21.8 Å². The molecule has 0 radical (unpaired) electrons. The maximum absolute atomic E-state index is 11.9. The number of anilines is 2. The number of nitrogens with two attached hydrogens (primary N) is 1. The third-order valence-corrected chi connectivity index (χ3v) is 2.20. The van der Waals surface area contributed by atoms with Gasteiger partial charge in [0, 0.05) is 12.6 Å². The molecule has 3 N–H and O–H groups in total. The van der Waals surface area contributed by atoms with Gasteiger partial charge in [0.1, 0.15) is 0 Å². The summed E-state index contributed by atoms with van der Waals surface area (Å²) in [6.45, 7) is 3.52. The summed E-state index contributed by atoms with van der Waals surface area (Å²) >= 11 is 0. The van der Waals surface area contributed by atoms with Crippen LogP contribution >= 0.6 is 0 Å². The normalized spacial score (nSPS) is 10.2. The lowest BCUT2D eigenvalue weighted by molar-refractivity contribution is 0.102. The van der Waals surface area contributed by atoms with Crippen LogP contribution in [0, 0.1) is 13.8 Å². The molecule has 0 bridgehead atoms. The Morgan fingerprint density at radius 3 is 2.76 bits per heavy atom. The summed E-state index contributed by atoms with van der Waals surface area (Å²) in [5, 5.41) is 9.77. The first-order valence-corrected chi connectivity index (χ1v) is 5.04. The number of hydrogen-bond acceptors (Lipinski definition) is 5. The van der Waals surface area contributed by atoms with E-state index in [2.05, 4.69) is 15.5 Å². The van der Waals surface area contributed by atoms with Crippen molar-refractivity contribution in [3.05, 3.63) is 35.2 Å². The number of hydrogen-bond donors (Lipinski definition) is 2. The number of carbonyl (C=O) groups is 1. The van der Waals surface area contributed by atoms with Gasteiger partial charge >= 0.3 is 6.01 Å². The van der Waals surface area contributed by atoms with Crippen LogP contribution in [0.3, 0.4) is 0 Å². The van der Waals surface area contributed by atoms with Crippen molar-refractivity contribution >= 4 is 17.6 Å². The van der Waals surface area contributed by atoms with Gasteiger partial charge in [0.25, 0.3) is 5.91 Å². The molecule has 6 nitrogen and oxygen atoms in total. The van der Waals surface area contributed by atoms with Gasteiger partial charge < -0.3 is 10.2 Å². The zero-order chi connectivity index (χ0) is 12.4. The molecule has 0 spiro atoms. The predicted molar refractivity (Wildman–Crippen MR) is 62.6 cm³/mol. The minimum atomic E-state index is -0.366. The summed E-state index contributed by atoms with van der Waals surface area (Å²) in [6.07, 6.45) is 0. The molecule has 0 aliphatic rings. The van der Waals surface area contributed by atoms with Crippen LogP contribution in [0.2, 0.25) is 0 Å². The number of rotatable bonds is 2. The number of aryl methyl sites for hydroxylation is 2. The second kappa shape index (κ2) is 4.25. The van der Waals surface area contributed by atoms with E-state index >= 15 is 0 Å². The van der Waals surface area contributed by atoms with Gasteiger partial charge in [-0.15, -0.1) is 5.10 Å². The van der Waals surface area contributed by atoms with E-state index in [0.29, 0.717) is 17.1 Å². The molecule has 1 heterocycles. The van der Waals surface area contributed by atoms with Gasteiger partial charge in [0.15, 0.2) is 0 Å². The van der Waals surface area contributed by atoms with Gasteiger partial charge in [-0.05, 0) is 19.1 Å². The Bertz CT molecular complexity index is 562. The van der Waals surface area contributed by atoms with Crippen molar-refractivity contribution in [3.63, 3.8) is 0 Å². The first kappa shape index (κ1) is 11.1. The first-order chi connectivity index (χ1) is 8.06. The Hall–Kier alpha value is -2.37. The number of nitrogens with zero attached hydrogens (tertiary/aromatic N) is 2. The van der Waals surface area contributed by atoms with Crippen molar-refractivity contribution in [2.75, 3.05) is 11.1 Å². The van der Waals surface area contributed by atoms with Crippen LogP contribution in [-0.4, -0.2) is 16.1 Å². The molecule has 0 unspecified atom stereocenters. The van der Waals surface area contributed by atoms with Crippen LogP contribution in [0.5, 0.6) is 0 Å². The highest BCUT2D eigenvalue weighted by atomic mass is 16.4. The molecule has 0 aliphatic heterocycles. The van der Waals surface area contributed by atoms with Gasteiger partial charge in [-0.25, -0.2) is 0 Å². The Morgan fingerprint density at radius 1 is 1.35 bits per heavy atom. The average molecular weight is 232 g/mol. The van der Waals surface area contributed by atoms with E-state index in [1.165, 1.54) is 0 Å². The summed E-state index contributed by atoms with van der Waals surface area (Å²) in [6, 6.07) is 5.29. The molecule has 0 saturated carbocycles. The molecule has 2 aromatic rings. The molecule has 0 fully saturated rings. The highest BCUT2D eigenvalue weighted by Crippen LogP contribution is 2.15. The summed E-state index contributed by atoms with van der Waals surface area (Å²) < 4.78 is 5.05. The van der Waals surface area contributed by atoms with Crippen LogP contribution in [0.25, 0.3) is 0 Å². The Balaban J connectivity index is 2.22. The summed E-state index contributed by atoms with van der Waals surface area (Å²) in [7, 11) is 0. The van der Waals surface area contributed by atoms with E-state index in [1.807, 2.05) is 13.0 Å².